The second-order valence-corrected chi connectivity index (χ2v) is 9.79. The Bertz CT molecular complexity index is 1520. The molecule has 6 heteroatoms. The number of aromatic nitrogens is 3. The van der Waals surface area contributed by atoms with Gasteiger partial charge in [-0.25, -0.2) is 0 Å². The molecule has 2 heterocycles. The molecular weight excluding hydrogens is 476 g/mol. The topological polar surface area (TPSA) is 70.7 Å². The normalized spacial score (nSPS) is 11.3. The molecule has 0 unspecified atom stereocenters. The van der Waals surface area contributed by atoms with Crippen LogP contribution in [0, 0.1) is 0 Å². The van der Waals surface area contributed by atoms with Crippen molar-refractivity contribution in [1.29, 1.82) is 0 Å². The molecule has 37 heavy (non-hydrogen) atoms. The van der Waals surface area contributed by atoms with Crippen molar-refractivity contribution in [1.82, 2.24) is 20.5 Å². The lowest BCUT2D eigenvalue weighted by Gasteiger charge is -2.10. The van der Waals surface area contributed by atoms with Crippen molar-refractivity contribution >= 4 is 40.7 Å². The van der Waals surface area contributed by atoms with E-state index in [4.69, 9.17) is 0 Å². The van der Waals surface area contributed by atoms with Crippen LogP contribution in [0.1, 0.15) is 39.8 Å². The molecule has 0 aliphatic rings. The third kappa shape index (κ3) is 6.16. The number of amides is 1. The minimum atomic E-state index is -0.0576. The van der Waals surface area contributed by atoms with Gasteiger partial charge in [-0.15, -0.1) is 0 Å². The van der Waals surface area contributed by atoms with Crippen LogP contribution in [0.15, 0.2) is 101 Å². The summed E-state index contributed by atoms with van der Waals surface area (Å²) in [5.74, 6) is -0.0576. The summed E-state index contributed by atoms with van der Waals surface area (Å²) < 4.78 is 0. The first-order valence-electron chi connectivity index (χ1n) is 12.4. The SMILES string of the molecule is CCc1ccc(CCNC(=O)c2ccccc2Sc2ccc3c(/C=C/c4ccccn4)n[nH]c3c2)cc1. The number of aromatic amines is 1. The first-order valence-corrected chi connectivity index (χ1v) is 13.2. The van der Waals surface area contributed by atoms with Gasteiger partial charge in [-0.05, 0) is 78.6 Å². The van der Waals surface area contributed by atoms with E-state index < -0.39 is 0 Å². The predicted octanol–water partition coefficient (Wildman–Crippen LogP) is 6.81. The molecule has 5 nitrogen and oxygen atoms in total. The molecule has 5 aromatic rings. The number of pyridine rings is 1. The number of fused-ring (bicyclic) bond motifs is 1. The Kier molecular flexibility index (Phi) is 7.77. The lowest BCUT2D eigenvalue weighted by Crippen LogP contribution is -2.26. The van der Waals surface area contributed by atoms with Crippen molar-refractivity contribution in [2.45, 2.75) is 29.6 Å². The number of nitrogens with one attached hydrogen (secondary N) is 2. The summed E-state index contributed by atoms with van der Waals surface area (Å²) in [6.07, 6.45) is 7.52. The van der Waals surface area contributed by atoms with Crippen molar-refractivity contribution in [2.75, 3.05) is 6.54 Å². The standard InChI is InChI=1S/C31H28N4OS/c1-2-22-10-12-23(13-11-22)18-20-33-31(36)27-8-3-4-9-30(27)37-25-15-16-26-28(34-35-29(26)21-25)17-14-24-7-5-6-19-32-24/h3-17,19,21H,2,18,20H2,1H3,(H,33,36)(H,34,35)/b17-14+. The van der Waals surface area contributed by atoms with E-state index in [9.17, 15) is 4.79 Å². The molecule has 3 aromatic carbocycles. The van der Waals surface area contributed by atoms with Gasteiger partial charge >= 0.3 is 0 Å². The zero-order valence-corrected chi connectivity index (χ0v) is 21.5. The van der Waals surface area contributed by atoms with E-state index in [-0.39, 0.29) is 5.91 Å². The Balaban J connectivity index is 1.25. The summed E-state index contributed by atoms with van der Waals surface area (Å²) in [5, 5.41) is 11.7. The van der Waals surface area contributed by atoms with Crippen LogP contribution in [-0.4, -0.2) is 27.6 Å². The number of hydrogen-bond donors (Lipinski definition) is 2. The fourth-order valence-corrected chi connectivity index (χ4v) is 5.06. The largest absolute Gasteiger partial charge is 0.352 e. The second-order valence-electron chi connectivity index (χ2n) is 8.68. The van der Waals surface area contributed by atoms with Crippen LogP contribution in [0.25, 0.3) is 23.1 Å². The molecule has 0 saturated carbocycles. The van der Waals surface area contributed by atoms with Crippen LogP contribution < -0.4 is 5.32 Å². The van der Waals surface area contributed by atoms with Gasteiger partial charge < -0.3 is 5.32 Å². The van der Waals surface area contributed by atoms with Gasteiger partial charge in [-0.3, -0.25) is 14.9 Å². The van der Waals surface area contributed by atoms with Gasteiger partial charge in [0.2, 0.25) is 0 Å². The highest BCUT2D eigenvalue weighted by molar-refractivity contribution is 7.99. The number of rotatable bonds is 9. The van der Waals surface area contributed by atoms with E-state index in [1.54, 1.807) is 18.0 Å². The highest BCUT2D eigenvalue weighted by Crippen LogP contribution is 2.33. The predicted molar refractivity (Wildman–Crippen MR) is 152 cm³/mol. The van der Waals surface area contributed by atoms with E-state index in [1.807, 2.05) is 54.6 Å². The van der Waals surface area contributed by atoms with Crippen LogP contribution in [0.4, 0.5) is 0 Å². The van der Waals surface area contributed by atoms with Crippen LogP contribution in [0.5, 0.6) is 0 Å². The van der Waals surface area contributed by atoms with E-state index in [0.717, 1.165) is 44.9 Å². The molecule has 0 atom stereocenters. The zero-order valence-electron chi connectivity index (χ0n) is 20.6. The van der Waals surface area contributed by atoms with Gasteiger partial charge in [-0.2, -0.15) is 5.10 Å². The van der Waals surface area contributed by atoms with Gasteiger partial charge in [0.15, 0.2) is 0 Å². The van der Waals surface area contributed by atoms with Crippen molar-refractivity contribution in [2.24, 2.45) is 0 Å². The van der Waals surface area contributed by atoms with Crippen LogP contribution in [-0.2, 0) is 12.8 Å². The summed E-state index contributed by atoms with van der Waals surface area (Å²) in [6, 6.07) is 28.3. The molecule has 0 aliphatic heterocycles. The Morgan fingerprint density at radius 2 is 1.76 bits per heavy atom. The lowest BCUT2D eigenvalue weighted by molar-refractivity contribution is 0.0951. The maximum Gasteiger partial charge on any atom is 0.252 e. The van der Waals surface area contributed by atoms with Crippen molar-refractivity contribution in [3.8, 4) is 0 Å². The fraction of sp³-hybridized carbons (Fsp3) is 0.129. The highest BCUT2D eigenvalue weighted by Gasteiger charge is 2.13. The van der Waals surface area contributed by atoms with Gasteiger partial charge in [0.1, 0.15) is 0 Å². The van der Waals surface area contributed by atoms with Crippen molar-refractivity contribution in [3.63, 3.8) is 0 Å². The van der Waals surface area contributed by atoms with Crippen LogP contribution >= 0.6 is 11.8 Å². The highest BCUT2D eigenvalue weighted by atomic mass is 32.2. The molecule has 0 radical (unpaired) electrons. The van der Waals surface area contributed by atoms with Gasteiger partial charge in [0.05, 0.1) is 22.5 Å². The number of nitrogens with zero attached hydrogens (tertiary/aromatic N) is 2. The summed E-state index contributed by atoms with van der Waals surface area (Å²) in [5.41, 5.74) is 5.92. The van der Waals surface area contributed by atoms with E-state index in [1.165, 1.54) is 11.1 Å². The number of aryl methyl sites for hydroxylation is 1. The smallest absolute Gasteiger partial charge is 0.252 e. The van der Waals surface area contributed by atoms with Gasteiger partial charge in [0.25, 0.3) is 5.91 Å². The maximum absolute atomic E-state index is 13.0. The molecule has 2 N–H and O–H groups in total. The molecular formula is C31H28N4OS. The summed E-state index contributed by atoms with van der Waals surface area (Å²) in [7, 11) is 0. The molecule has 0 aliphatic carbocycles. The monoisotopic (exact) mass is 504 g/mol. The van der Waals surface area contributed by atoms with Crippen molar-refractivity contribution in [3.05, 3.63) is 119 Å². The lowest BCUT2D eigenvalue weighted by atomic mass is 10.1. The Morgan fingerprint density at radius 1 is 0.946 bits per heavy atom. The summed E-state index contributed by atoms with van der Waals surface area (Å²) >= 11 is 1.57. The average Bonchev–Trinajstić information content (AvgIpc) is 3.35. The molecule has 184 valence electrons. The third-order valence-corrected chi connectivity index (χ3v) is 7.22. The van der Waals surface area contributed by atoms with E-state index in [0.29, 0.717) is 12.1 Å². The molecule has 0 spiro atoms. The van der Waals surface area contributed by atoms with Crippen LogP contribution in [0.2, 0.25) is 0 Å². The minimum absolute atomic E-state index is 0.0576. The number of H-pyrrole nitrogens is 1. The first kappa shape index (κ1) is 24.5. The first-order chi connectivity index (χ1) is 18.2. The summed E-state index contributed by atoms with van der Waals surface area (Å²) in [4.78, 5) is 19.3. The fourth-order valence-electron chi connectivity index (χ4n) is 4.08. The van der Waals surface area contributed by atoms with Crippen molar-refractivity contribution < 1.29 is 4.79 Å². The molecule has 5 rings (SSSR count). The number of carbonyl (C=O) groups excluding carboxylic acids is 1. The second kappa shape index (κ2) is 11.7. The number of hydrogen-bond acceptors (Lipinski definition) is 4. The molecule has 0 bridgehead atoms. The van der Waals surface area contributed by atoms with E-state index >= 15 is 0 Å². The minimum Gasteiger partial charge on any atom is -0.352 e. The third-order valence-electron chi connectivity index (χ3n) is 6.15. The molecule has 2 aromatic heterocycles. The summed E-state index contributed by atoms with van der Waals surface area (Å²) in [6.45, 7) is 2.75. The molecule has 1 amide bonds. The van der Waals surface area contributed by atoms with Gasteiger partial charge in [-0.1, -0.05) is 61.2 Å². The van der Waals surface area contributed by atoms with E-state index in [2.05, 4.69) is 69.9 Å². The Morgan fingerprint density at radius 3 is 2.57 bits per heavy atom. The number of benzene rings is 3. The van der Waals surface area contributed by atoms with Crippen LogP contribution in [0.3, 0.4) is 0 Å². The maximum atomic E-state index is 13.0. The molecule has 0 fully saturated rings. The zero-order chi connectivity index (χ0) is 25.5. The van der Waals surface area contributed by atoms with Gasteiger partial charge in [0, 0.05) is 27.9 Å². The average molecular weight is 505 g/mol. The molecule has 0 saturated heterocycles. The number of carbonyl (C=O) groups is 1. The quantitative estimate of drug-likeness (QED) is 0.231. The Labute approximate surface area is 221 Å². The Hall–Kier alpha value is -4.16.